The van der Waals surface area contributed by atoms with Crippen LogP contribution in [-0.2, 0) is 15.7 Å². The predicted molar refractivity (Wildman–Crippen MR) is 83.5 cm³/mol. The summed E-state index contributed by atoms with van der Waals surface area (Å²) in [5.41, 5.74) is 1.10. The Labute approximate surface area is 127 Å². The first-order valence-electron chi connectivity index (χ1n) is 7.13. The lowest BCUT2D eigenvalue weighted by Gasteiger charge is -2.32. The second-order valence-corrected chi connectivity index (χ2v) is 7.25. The average molecular weight is 296 g/mol. The lowest BCUT2D eigenvalue weighted by atomic mass is 9.76. The highest BCUT2D eigenvalue weighted by Crippen LogP contribution is 2.37. The maximum Gasteiger partial charge on any atom is 0.498 e. The van der Waals surface area contributed by atoms with E-state index in [1.54, 1.807) is 12.3 Å². The fourth-order valence-corrected chi connectivity index (χ4v) is 2.50. The van der Waals surface area contributed by atoms with Gasteiger partial charge in [0, 0.05) is 22.4 Å². The van der Waals surface area contributed by atoms with Gasteiger partial charge in [0.25, 0.3) is 0 Å². The van der Waals surface area contributed by atoms with Crippen LogP contribution in [0.4, 0.5) is 0 Å². The molecule has 20 heavy (non-hydrogen) atoms. The van der Waals surface area contributed by atoms with Crippen LogP contribution in [0.15, 0.2) is 12.3 Å². The lowest BCUT2D eigenvalue weighted by Crippen LogP contribution is -2.41. The van der Waals surface area contributed by atoms with Crippen molar-refractivity contribution in [1.82, 2.24) is 4.98 Å². The monoisotopic (exact) mass is 295 g/mol. The summed E-state index contributed by atoms with van der Waals surface area (Å²) >= 11 is 6.38. The fraction of sp³-hybridized carbons (Fsp3) is 0.667. The second-order valence-electron chi connectivity index (χ2n) is 6.84. The maximum atomic E-state index is 6.38. The van der Waals surface area contributed by atoms with Crippen molar-refractivity contribution in [2.24, 2.45) is 5.92 Å². The van der Waals surface area contributed by atoms with E-state index in [1.807, 2.05) is 27.7 Å². The van der Waals surface area contributed by atoms with E-state index in [4.69, 9.17) is 20.9 Å². The first-order chi connectivity index (χ1) is 9.14. The molecule has 0 spiro atoms. The first-order valence-corrected chi connectivity index (χ1v) is 7.51. The van der Waals surface area contributed by atoms with Gasteiger partial charge in [0.1, 0.15) is 0 Å². The van der Waals surface area contributed by atoms with Crippen molar-refractivity contribution < 1.29 is 9.31 Å². The minimum atomic E-state index is -0.449. The van der Waals surface area contributed by atoms with Crippen LogP contribution in [-0.4, -0.2) is 23.3 Å². The molecule has 1 aliphatic heterocycles. The summed E-state index contributed by atoms with van der Waals surface area (Å²) in [6.45, 7) is 12.5. The Morgan fingerprint density at radius 3 is 2.25 bits per heavy atom. The molecule has 0 aliphatic carbocycles. The number of aromatic nitrogens is 1. The number of nitrogens with zero attached hydrogens (tertiary/aromatic N) is 1. The summed E-state index contributed by atoms with van der Waals surface area (Å²) in [4.78, 5) is 4.48. The molecule has 2 rings (SSSR count). The summed E-state index contributed by atoms with van der Waals surface area (Å²) in [7, 11) is -0.449. The Kier molecular flexibility index (Phi) is 4.21. The molecule has 0 bridgehead atoms. The normalized spacial score (nSPS) is 20.7. The minimum absolute atomic E-state index is 0.369. The molecule has 2 heterocycles. The zero-order valence-corrected chi connectivity index (χ0v) is 13.9. The summed E-state index contributed by atoms with van der Waals surface area (Å²) in [5.74, 6) is 0.502. The average Bonchev–Trinajstić information content (AvgIpc) is 2.46. The minimum Gasteiger partial charge on any atom is -0.399 e. The molecule has 0 radical (unpaired) electrons. The van der Waals surface area contributed by atoms with Gasteiger partial charge in [-0.05, 0) is 46.1 Å². The Bertz CT molecular complexity index is 487. The second kappa shape index (κ2) is 5.32. The molecule has 1 aromatic rings. The molecule has 1 saturated heterocycles. The van der Waals surface area contributed by atoms with Gasteiger partial charge in [-0.1, -0.05) is 25.4 Å². The molecule has 0 saturated carbocycles. The van der Waals surface area contributed by atoms with Gasteiger partial charge >= 0.3 is 7.12 Å². The molecule has 0 atom stereocenters. The molecule has 0 N–H and O–H groups in total. The highest BCUT2D eigenvalue weighted by molar-refractivity contribution is 6.66. The lowest BCUT2D eigenvalue weighted by molar-refractivity contribution is 0.00578. The smallest absolute Gasteiger partial charge is 0.399 e. The SMILES string of the molecule is CC(C)Cc1nccc(Cl)c1B1OC(C)(C)C(C)(C)O1. The molecule has 110 valence electrons. The summed E-state index contributed by atoms with van der Waals surface area (Å²) in [5, 5.41) is 0.661. The van der Waals surface area contributed by atoms with Gasteiger partial charge in [0.05, 0.1) is 11.2 Å². The molecule has 0 aromatic carbocycles. The number of rotatable bonds is 3. The fourth-order valence-electron chi connectivity index (χ4n) is 2.25. The van der Waals surface area contributed by atoms with Gasteiger partial charge in [0.15, 0.2) is 0 Å². The Balaban J connectivity index is 2.39. The molecule has 3 nitrogen and oxygen atoms in total. The van der Waals surface area contributed by atoms with Gasteiger partial charge in [0.2, 0.25) is 0 Å². The molecular weight excluding hydrogens is 272 g/mol. The standard InChI is InChI=1S/C15H23BClNO2/c1-10(2)9-12-13(11(17)7-8-18-12)16-19-14(3,4)15(5,6)20-16/h7-8,10H,9H2,1-6H3. The Morgan fingerprint density at radius 1 is 1.20 bits per heavy atom. The van der Waals surface area contributed by atoms with Crippen molar-refractivity contribution in [3.05, 3.63) is 23.0 Å². The van der Waals surface area contributed by atoms with Gasteiger partial charge in [-0.2, -0.15) is 0 Å². The Morgan fingerprint density at radius 2 is 1.75 bits per heavy atom. The van der Waals surface area contributed by atoms with E-state index in [1.165, 1.54) is 0 Å². The van der Waals surface area contributed by atoms with E-state index in [2.05, 4.69) is 18.8 Å². The van der Waals surface area contributed by atoms with Crippen molar-refractivity contribution in [3.63, 3.8) is 0 Å². The number of hydrogen-bond donors (Lipinski definition) is 0. The van der Waals surface area contributed by atoms with E-state index >= 15 is 0 Å². The van der Waals surface area contributed by atoms with Crippen LogP contribution in [0, 0.1) is 5.92 Å². The van der Waals surface area contributed by atoms with E-state index in [0.29, 0.717) is 10.9 Å². The van der Waals surface area contributed by atoms with Crippen LogP contribution in [0.5, 0.6) is 0 Å². The predicted octanol–water partition coefficient (Wildman–Crippen LogP) is 3.23. The van der Waals surface area contributed by atoms with Crippen molar-refractivity contribution in [2.45, 2.75) is 59.2 Å². The van der Waals surface area contributed by atoms with Crippen LogP contribution in [0.2, 0.25) is 5.02 Å². The summed E-state index contributed by atoms with van der Waals surface area (Å²) < 4.78 is 12.2. The van der Waals surface area contributed by atoms with Crippen LogP contribution >= 0.6 is 11.6 Å². The van der Waals surface area contributed by atoms with Crippen LogP contribution in [0.25, 0.3) is 0 Å². The zero-order valence-electron chi connectivity index (χ0n) is 13.2. The van der Waals surface area contributed by atoms with E-state index in [-0.39, 0.29) is 11.2 Å². The summed E-state index contributed by atoms with van der Waals surface area (Å²) in [6.07, 6.45) is 2.61. The van der Waals surface area contributed by atoms with E-state index in [0.717, 1.165) is 17.6 Å². The third kappa shape index (κ3) is 2.88. The van der Waals surface area contributed by atoms with Gasteiger partial charge in [-0.25, -0.2) is 0 Å². The zero-order chi connectivity index (χ0) is 15.1. The first kappa shape index (κ1) is 15.8. The molecule has 1 aromatic heterocycles. The molecule has 1 aliphatic rings. The number of pyridine rings is 1. The van der Waals surface area contributed by atoms with Crippen LogP contribution in [0.3, 0.4) is 0 Å². The topological polar surface area (TPSA) is 31.4 Å². The van der Waals surface area contributed by atoms with Gasteiger partial charge in [-0.15, -0.1) is 0 Å². The molecule has 1 fully saturated rings. The van der Waals surface area contributed by atoms with Crippen molar-refractivity contribution in [1.29, 1.82) is 0 Å². The third-order valence-electron chi connectivity index (χ3n) is 4.11. The highest BCUT2D eigenvalue weighted by Gasteiger charge is 2.52. The molecule has 0 amide bonds. The third-order valence-corrected chi connectivity index (χ3v) is 4.44. The molecular formula is C15H23BClNO2. The quantitative estimate of drug-likeness (QED) is 0.802. The Hall–Kier alpha value is -0.575. The number of hydrogen-bond acceptors (Lipinski definition) is 3. The maximum absolute atomic E-state index is 6.38. The van der Waals surface area contributed by atoms with E-state index in [9.17, 15) is 0 Å². The molecule has 5 heteroatoms. The van der Waals surface area contributed by atoms with Crippen molar-refractivity contribution in [2.75, 3.05) is 0 Å². The highest BCUT2D eigenvalue weighted by atomic mass is 35.5. The largest absolute Gasteiger partial charge is 0.498 e. The van der Waals surface area contributed by atoms with Crippen LogP contribution in [0.1, 0.15) is 47.2 Å². The van der Waals surface area contributed by atoms with Crippen LogP contribution < -0.4 is 5.46 Å². The summed E-state index contributed by atoms with van der Waals surface area (Å²) in [6, 6.07) is 1.80. The molecule has 0 unspecified atom stereocenters. The van der Waals surface area contributed by atoms with Gasteiger partial charge in [-0.3, -0.25) is 4.98 Å². The van der Waals surface area contributed by atoms with Gasteiger partial charge < -0.3 is 9.31 Å². The van der Waals surface area contributed by atoms with E-state index < -0.39 is 7.12 Å². The van der Waals surface area contributed by atoms with Crippen molar-refractivity contribution >= 4 is 24.2 Å². The van der Waals surface area contributed by atoms with Crippen molar-refractivity contribution in [3.8, 4) is 0 Å². The number of halogens is 1.